The second-order valence-corrected chi connectivity index (χ2v) is 6.03. The van der Waals surface area contributed by atoms with Gasteiger partial charge in [0.2, 0.25) is 0 Å². The Morgan fingerprint density at radius 3 is 2.52 bits per heavy atom. The third kappa shape index (κ3) is 3.78. The van der Waals surface area contributed by atoms with Crippen molar-refractivity contribution in [1.29, 1.82) is 0 Å². The van der Waals surface area contributed by atoms with Crippen molar-refractivity contribution in [2.45, 2.75) is 6.92 Å². The molecule has 1 aliphatic heterocycles. The van der Waals surface area contributed by atoms with Crippen molar-refractivity contribution in [2.24, 2.45) is 0 Å². The van der Waals surface area contributed by atoms with Crippen molar-refractivity contribution in [3.8, 4) is 11.5 Å². The number of carbonyl (C=O) groups is 3. The van der Waals surface area contributed by atoms with Crippen LogP contribution in [0, 0.1) is 0 Å². The molecule has 2 aromatic rings. The highest BCUT2D eigenvalue weighted by Gasteiger charge is 2.34. The molecule has 0 radical (unpaired) electrons. The van der Waals surface area contributed by atoms with Crippen LogP contribution >= 0.6 is 11.6 Å². The molecule has 0 atom stereocenters. The summed E-state index contributed by atoms with van der Waals surface area (Å²) in [5, 5.41) is 1.43. The van der Waals surface area contributed by atoms with Crippen molar-refractivity contribution >= 4 is 41.1 Å². The molecule has 1 fully saturated rings. The van der Waals surface area contributed by atoms with Gasteiger partial charge in [0.15, 0.2) is 11.5 Å². The zero-order valence-electron chi connectivity index (χ0n) is 14.5. The van der Waals surface area contributed by atoms with E-state index in [1.165, 1.54) is 32.2 Å². The van der Waals surface area contributed by atoms with Crippen LogP contribution in [0.5, 0.6) is 11.5 Å². The van der Waals surface area contributed by atoms with Gasteiger partial charge in [-0.3, -0.25) is 19.8 Å². The smallest absolute Gasteiger partial charge is 0.308 e. The van der Waals surface area contributed by atoms with Crippen molar-refractivity contribution in [1.82, 2.24) is 5.43 Å². The topological polar surface area (TPSA) is 84.9 Å². The number of hydrogen-bond acceptors (Lipinski definition) is 5. The Morgan fingerprint density at radius 2 is 1.89 bits per heavy atom. The molecule has 8 heteroatoms. The Bertz CT molecular complexity index is 956. The van der Waals surface area contributed by atoms with Gasteiger partial charge < -0.3 is 9.47 Å². The number of hydrogen-bond donors (Lipinski definition) is 1. The number of methoxy groups -OCH3 is 1. The SMILES string of the molecule is COc1cc(Cl)cc(/C=C2/C(=O)NN(c3ccccc3)C2=O)c1OC(C)=O. The third-order valence-corrected chi connectivity index (χ3v) is 3.94. The summed E-state index contributed by atoms with van der Waals surface area (Å²) < 4.78 is 10.4. The van der Waals surface area contributed by atoms with E-state index in [1.54, 1.807) is 30.3 Å². The van der Waals surface area contributed by atoms with Gasteiger partial charge in [0.1, 0.15) is 5.57 Å². The Kier molecular flexibility index (Phi) is 5.14. The van der Waals surface area contributed by atoms with E-state index in [2.05, 4.69) is 5.43 Å². The first-order valence-corrected chi connectivity index (χ1v) is 8.26. The van der Waals surface area contributed by atoms with Gasteiger partial charge in [-0.25, -0.2) is 5.01 Å². The van der Waals surface area contributed by atoms with Crippen LogP contribution < -0.4 is 19.9 Å². The van der Waals surface area contributed by atoms with Crippen LogP contribution in [0.1, 0.15) is 12.5 Å². The van der Waals surface area contributed by atoms with Gasteiger partial charge in [0, 0.05) is 23.6 Å². The molecule has 2 amide bonds. The molecular formula is C19H15ClN2O5. The number of nitrogens with zero attached hydrogens (tertiary/aromatic N) is 1. The molecule has 3 rings (SSSR count). The number of halogens is 1. The van der Waals surface area contributed by atoms with E-state index in [0.717, 1.165) is 5.01 Å². The number of esters is 1. The number of benzene rings is 2. The molecule has 0 unspecified atom stereocenters. The number of carbonyl (C=O) groups excluding carboxylic acids is 3. The molecule has 0 aliphatic carbocycles. The summed E-state index contributed by atoms with van der Waals surface area (Å²) in [6, 6.07) is 11.6. The number of para-hydroxylation sites is 1. The van der Waals surface area contributed by atoms with E-state index in [-0.39, 0.29) is 22.6 Å². The molecule has 0 saturated carbocycles. The first kappa shape index (κ1) is 18.5. The maximum atomic E-state index is 12.7. The van der Waals surface area contributed by atoms with Crippen LogP contribution in [-0.4, -0.2) is 24.9 Å². The van der Waals surface area contributed by atoms with Crippen molar-refractivity contribution in [2.75, 3.05) is 12.1 Å². The van der Waals surface area contributed by atoms with Gasteiger partial charge in [-0.1, -0.05) is 29.8 Å². The summed E-state index contributed by atoms with van der Waals surface area (Å²) in [5.41, 5.74) is 3.15. The molecule has 0 aromatic heterocycles. The van der Waals surface area contributed by atoms with Crippen molar-refractivity contribution < 1.29 is 23.9 Å². The van der Waals surface area contributed by atoms with Crippen LogP contribution in [0.25, 0.3) is 6.08 Å². The fourth-order valence-electron chi connectivity index (χ4n) is 2.57. The van der Waals surface area contributed by atoms with E-state index in [4.69, 9.17) is 21.1 Å². The number of hydrazine groups is 1. The number of rotatable bonds is 4. The van der Waals surface area contributed by atoms with Crippen LogP contribution in [-0.2, 0) is 14.4 Å². The minimum absolute atomic E-state index is 0.0701. The molecule has 27 heavy (non-hydrogen) atoms. The summed E-state index contributed by atoms with van der Waals surface area (Å²) in [4.78, 5) is 36.5. The average Bonchev–Trinajstić information content (AvgIpc) is 2.92. The number of amides is 2. The van der Waals surface area contributed by atoms with Crippen LogP contribution in [0.2, 0.25) is 5.02 Å². The zero-order valence-corrected chi connectivity index (χ0v) is 15.2. The Labute approximate surface area is 160 Å². The monoisotopic (exact) mass is 386 g/mol. The zero-order chi connectivity index (χ0) is 19.6. The molecule has 1 heterocycles. The lowest BCUT2D eigenvalue weighted by molar-refractivity contribution is -0.132. The molecule has 1 N–H and O–H groups in total. The van der Waals surface area contributed by atoms with Gasteiger partial charge >= 0.3 is 5.97 Å². The summed E-state index contributed by atoms with van der Waals surface area (Å²) in [5.74, 6) is -1.44. The second kappa shape index (κ2) is 7.51. The van der Waals surface area contributed by atoms with Crippen LogP contribution in [0.4, 0.5) is 5.69 Å². The molecule has 7 nitrogen and oxygen atoms in total. The molecule has 1 aliphatic rings. The Balaban J connectivity index is 2.06. The fourth-order valence-corrected chi connectivity index (χ4v) is 2.79. The first-order valence-electron chi connectivity index (χ1n) is 7.89. The summed E-state index contributed by atoms with van der Waals surface area (Å²) in [6.07, 6.45) is 1.31. The number of nitrogens with one attached hydrogen (secondary N) is 1. The van der Waals surface area contributed by atoms with Gasteiger partial charge in [0.05, 0.1) is 12.8 Å². The maximum Gasteiger partial charge on any atom is 0.308 e. The van der Waals surface area contributed by atoms with E-state index in [0.29, 0.717) is 10.7 Å². The average molecular weight is 387 g/mol. The summed E-state index contributed by atoms with van der Waals surface area (Å²) in [6.45, 7) is 1.23. The highest BCUT2D eigenvalue weighted by Crippen LogP contribution is 2.36. The highest BCUT2D eigenvalue weighted by molar-refractivity contribution is 6.32. The lowest BCUT2D eigenvalue weighted by Gasteiger charge is -2.14. The highest BCUT2D eigenvalue weighted by atomic mass is 35.5. The van der Waals surface area contributed by atoms with Crippen molar-refractivity contribution in [3.05, 3.63) is 58.6 Å². The molecular weight excluding hydrogens is 372 g/mol. The predicted molar refractivity (Wildman–Crippen MR) is 99.4 cm³/mol. The summed E-state index contributed by atoms with van der Waals surface area (Å²) >= 11 is 6.07. The quantitative estimate of drug-likeness (QED) is 0.378. The van der Waals surface area contributed by atoms with E-state index in [9.17, 15) is 14.4 Å². The predicted octanol–water partition coefficient (Wildman–Crippen LogP) is 2.74. The molecule has 0 spiro atoms. The van der Waals surface area contributed by atoms with E-state index >= 15 is 0 Å². The van der Waals surface area contributed by atoms with Gasteiger partial charge in [-0.05, 0) is 24.3 Å². The lowest BCUT2D eigenvalue weighted by atomic mass is 10.1. The van der Waals surface area contributed by atoms with Crippen molar-refractivity contribution in [3.63, 3.8) is 0 Å². The van der Waals surface area contributed by atoms with E-state index in [1.807, 2.05) is 0 Å². The number of ether oxygens (including phenoxy) is 2. The fraction of sp³-hybridized carbons (Fsp3) is 0.105. The van der Waals surface area contributed by atoms with Gasteiger partial charge in [-0.2, -0.15) is 0 Å². The summed E-state index contributed by atoms with van der Waals surface area (Å²) in [7, 11) is 1.39. The third-order valence-electron chi connectivity index (χ3n) is 3.72. The number of anilines is 1. The van der Waals surface area contributed by atoms with Crippen LogP contribution in [0.3, 0.4) is 0 Å². The van der Waals surface area contributed by atoms with Gasteiger partial charge in [0.25, 0.3) is 11.8 Å². The normalized spacial score (nSPS) is 15.1. The molecule has 0 bridgehead atoms. The Morgan fingerprint density at radius 1 is 1.19 bits per heavy atom. The largest absolute Gasteiger partial charge is 0.493 e. The molecule has 2 aromatic carbocycles. The second-order valence-electron chi connectivity index (χ2n) is 5.60. The maximum absolute atomic E-state index is 12.7. The van der Waals surface area contributed by atoms with Gasteiger partial charge in [-0.15, -0.1) is 0 Å². The Hall–Kier alpha value is -3.32. The standard InChI is InChI=1S/C19H15ClN2O5/c1-11(23)27-17-12(8-13(20)10-16(17)26-2)9-15-18(24)21-22(19(15)25)14-6-4-3-5-7-14/h3-10H,1-2H3,(H,21,24)/b15-9-. The molecule has 1 saturated heterocycles. The minimum atomic E-state index is -0.587. The van der Waals surface area contributed by atoms with Crippen LogP contribution in [0.15, 0.2) is 48.0 Å². The first-order chi connectivity index (χ1) is 12.9. The lowest BCUT2D eigenvalue weighted by Crippen LogP contribution is -2.35. The molecule has 138 valence electrons. The minimum Gasteiger partial charge on any atom is -0.493 e. The van der Waals surface area contributed by atoms with E-state index < -0.39 is 17.8 Å².